The van der Waals surface area contributed by atoms with Gasteiger partial charge in [0.15, 0.2) is 0 Å². The number of hydrogen-bond acceptors (Lipinski definition) is 3. The number of imidazole rings is 1. The van der Waals surface area contributed by atoms with Gasteiger partial charge in [-0.15, -0.1) is 12.4 Å². The van der Waals surface area contributed by atoms with E-state index in [-0.39, 0.29) is 12.4 Å². The Bertz CT molecular complexity index is 944. The summed E-state index contributed by atoms with van der Waals surface area (Å²) in [7, 11) is 0. The summed E-state index contributed by atoms with van der Waals surface area (Å²) >= 11 is 0. The fraction of sp³-hybridized carbons (Fsp3) is 0.238. The number of aromatic amines is 1. The van der Waals surface area contributed by atoms with Gasteiger partial charge in [-0.25, -0.2) is 4.98 Å². The van der Waals surface area contributed by atoms with Crippen LogP contribution in [0.3, 0.4) is 0 Å². The zero-order valence-electron chi connectivity index (χ0n) is 15.3. The topological polar surface area (TPSA) is 55.7 Å². The van der Waals surface area contributed by atoms with Crippen LogP contribution in [0.5, 0.6) is 0 Å². The molecule has 0 radical (unpaired) electrons. The fourth-order valence-corrected chi connectivity index (χ4v) is 2.94. The molecular weight excluding hydrogens is 344 g/mol. The molecular formula is C21H23ClN4. The van der Waals surface area contributed by atoms with Crippen LogP contribution in [0.25, 0.3) is 22.7 Å². The van der Waals surface area contributed by atoms with Crippen molar-refractivity contribution in [2.45, 2.75) is 20.8 Å². The Morgan fingerprint density at radius 1 is 1.15 bits per heavy atom. The maximum absolute atomic E-state index is 9.55. The van der Waals surface area contributed by atoms with Crippen LogP contribution in [-0.2, 0) is 0 Å². The number of nitriles is 1. The Kier molecular flexibility index (Phi) is 6.43. The van der Waals surface area contributed by atoms with Gasteiger partial charge in [0.05, 0.1) is 16.6 Å². The van der Waals surface area contributed by atoms with Crippen LogP contribution in [-0.4, -0.2) is 23.1 Å². The van der Waals surface area contributed by atoms with Crippen molar-refractivity contribution in [3.05, 3.63) is 59.4 Å². The van der Waals surface area contributed by atoms with Crippen LogP contribution >= 0.6 is 12.4 Å². The molecule has 2 aromatic carbocycles. The number of hydrogen-bond donors (Lipinski definition) is 1. The van der Waals surface area contributed by atoms with E-state index in [0.29, 0.717) is 11.4 Å². The van der Waals surface area contributed by atoms with Gasteiger partial charge in [-0.05, 0) is 62.2 Å². The SMILES string of the molecule is CCN(CC)c1ccc(C=C(C#N)c2nc3ccc(C)cc3[nH]2)cc1.Cl. The molecule has 3 rings (SSSR count). The number of aryl methyl sites for hydroxylation is 1. The highest BCUT2D eigenvalue weighted by Crippen LogP contribution is 2.21. The molecule has 26 heavy (non-hydrogen) atoms. The zero-order valence-corrected chi connectivity index (χ0v) is 16.1. The van der Waals surface area contributed by atoms with Crippen molar-refractivity contribution in [3.8, 4) is 6.07 Å². The summed E-state index contributed by atoms with van der Waals surface area (Å²) < 4.78 is 0. The smallest absolute Gasteiger partial charge is 0.149 e. The van der Waals surface area contributed by atoms with Crippen molar-refractivity contribution in [2.75, 3.05) is 18.0 Å². The number of fused-ring (bicyclic) bond motifs is 1. The summed E-state index contributed by atoms with van der Waals surface area (Å²) in [5.74, 6) is 0.607. The molecule has 0 aliphatic carbocycles. The largest absolute Gasteiger partial charge is 0.372 e. The van der Waals surface area contributed by atoms with Crippen LogP contribution < -0.4 is 4.90 Å². The van der Waals surface area contributed by atoms with E-state index in [1.807, 2.05) is 43.3 Å². The molecule has 0 spiro atoms. The highest BCUT2D eigenvalue weighted by atomic mass is 35.5. The molecule has 0 saturated carbocycles. The fourth-order valence-electron chi connectivity index (χ4n) is 2.94. The van der Waals surface area contributed by atoms with Gasteiger partial charge in [-0.3, -0.25) is 0 Å². The predicted octanol–water partition coefficient (Wildman–Crippen LogP) is 5.20. The van der Waals surface area contributed by atoms with Gasteiger partial charge in [-0.2, -0.15) is 5.26 Å². The zero-order chi connectivity index (χ0) is 17.8. The van der Waals surface area contributed by atoms with E-state index >= 15 is 0 Å². The molecule has 0 aliphatic heterocycles. The first-order chi connectivity index (χ1) is 12.1. The van der Waals surface area contributed by atoms with Crippen LogP contribution in [0.2, 0.25) is 0 Å². The van der Waals surface area contributed by atoms with Crippen molar-refractivity contribution in [3.63, 3.8) is 0 Å². The molecule has 0 aliphatic rings. The molecule has 1 heterocycles. The van der Waals surface area contributed by atoms with Crippen molar-refractivity contribution >= 4 is 40.8 Å². The summed E-state index contributed by atoms with van der Waals surface area (Å²) in [4.78, 5) is 10.1. The van der Waals surface area contributed by atoms with Crippen molar-refractivity contribution in [2.24, 2.45) is 0 Å². The summed E-state index contributed by atoms with van der Waals surface area (Å²) in [6.45, 7) is 8.29. The van der Waals surface area contributed by atoms with Crippen LogP contribution in [0.15, 0.2) is 42.5 Å². The van der Waals surface area contributed by atoms with Crippen LogP contribution in [0.4, 0.5) is 5.69 Å². The lowest BCUT2D eigenvalue weighted by molar-refractivity contribution is 0.866. The third-order valence-corrected chi connectivity index (χ3v) is 4.35. The minimum atomic E-state index is 0. The Labute approximate surface area is 160 Å². The van der Waals surface area contributed by atoms with Gasteiger partial charge in [0.1, 0.15) is 11.9 Å². The average molecular weight is 367 g/mol. The summed E-state index contributed by atoms with van der Waals surface area (Å²) in [6, 6.07) is 16.6. The predicted molar refractivity (Wildman–Crippen MR) is 112 cm³/mol. The molecule has 0 bridgehead atoms. The first kappa shape index (κ1) is 19.6. The number of halogens is 1. The van der Waals surface area contributed by atoms with E-state index in [1.54, 1.807) is 0 Å². The molecule has 4 nitrogen and oxygen atoms in total. The quantitative estimate of drug-likeness (QED) is 0.631. The number of aromatic nitrogens is 2. The number of allylic oxidation sites excluding steroid dienone is 1. The monoisotopic (exact) mass is 366 g/mol. The minimum Gasteiger partial charge on any atom is -0.372 e. The maximum atomic E-state index is 9.55. The first-order valence-electron chi connectivity index (χ1n) is 8.58. The van der Waals surface area contributed by atoms with Gasteiger partial charge >= 0.3 is 0 Å². The highest BCUT2D eigenvalue weighted by Gasteiger charge is 2.08. The second-order valence-corrected chi connectivity index (χ2v) is 6.04. The van der Waals surface area contributed by atoms with Crippen LogP contribution in [0, 0.1) is 18.3 Å². The number of H-pyrrole nitrogens is 1. The van der Waals surface area contributed by atoms with E-state index in [2.05, 4.69) is 46.9 Å². The molecule has 0 fully saturated rings. The number of nitrogens with zero attached hydrogens (tertiary/aromatic N) is 3. The average Bonchev–Trinajstić information content (AvgIpc) is 3.04. The molecule has 1 N–H and O–H groups in total. The molecule has 1 aromatic heterocycles. The third kappa shape index (κ3) is 4.07. The molecule has 0 amide bonds. The number of nitrogens with one attached hydrogen (secondary N) is 1. The van der Waals surface area contributed by atoms with Gasteiger partial charge in [0, 0.05) is 18.8 Å². The summed E-state index contributed by atoms with van der Waals surface area (Å²) in [6.07, 6.45) is 1.87. The Morgan fingerprint density at radius 2 is 1.85 bits per heavy atom. The van der Waals surface area contributed by atoms with E-state index in [9.17, 15) is 5.26 Å². The third-order valence-electron chi connectivity index (χ3n) is 4.35. The number of rotatable bonds is 5. The normalized spacial score (nSPS) is 11.1. The highest BCUT2D eigenvalue weighted by molar-refractivity contribution is 5.90. The Balaban J connectivity index is 0.00000243. The Hall–Kier alpha value is -2.77. The lowest BCUT2D eigenvalue weighted by Gasteiger charge is -2.20. The van der Waals surface area contributed by atoms with Crippen LogP contribution in [0.1, 0.15) is 30.8 Å². The standard InChI is InChI=1S/C21H22N4.ClH/c1-4-25(5-2)18-9-7-16(8-10-18)13-17(14-22)21-23-19-11-6-15(3)12-20(19)24-21;/h6-13H,4-5H2,1-3H3,(H,23,24);1H. The first-order valence-corrected chi connectivity index (χ1v) is 8.58. The summed E-state index contributed by atoms with van der Waals surface area (Å²) in [5.41, 5.74) is 5.71. The van der Waals surface area contributed by atoms with E-state index in [4.69, 9.17) is 0 Å². The van der Waals surface area contributed by atoms with Crippen molar-refractivity contribution < 1.29 is 0 Å². The molecule has 0 unspecified atom stereocenters. The second-order valence-electron chi connectivity index (χ2n) is 6.04. The summed E-state index contributed by atoms with van der Waals surface area (Å²) in [5, 5.41) is 9.55. The molecule has 0 saturated heterocycles. The van der Waals surface area contributed by atoms with Crippen molar-refractivity contribution in [1.82, 2.24) is 9.97 Å². The van der Waals surface area contributed by atoms with Gasteiger partial charge in [-0.1, -0.05) is 18.2 Å². The lowest BCUT2D eigenvalue weighted by atomic mass is 10.1. The lowest BCUT2D eigenvalue weighted by Crippen LogP contribution is -2.21. The van der Waals surface area contributed by atoms with Gasteiger partial charge in [0.25, 0.3) is 0 Å². The molecule has 5 heteroatoms. The number of anilines is 1. The van der Waals surface area contributed by atoms with E-state index < -0.39 is 0 Å². The Morgan fingerprint density at radius 3 is 2.46 bits per heavy atom. The number of benzene rings is 2. The van der Waals surface area contributed by atoms with E-state index in [1.165, 1.54) is 5.69 Å². The molecule has 3 aromatic rings. The maximum Gasteiger partial charge on any atom is 0.149 e. The van der Waals surface area contributed by atoms with E-state index in [0.717, 1.165) is 35.2 Å². The van der Waals surface area contributed by atoms with Gasteiger partial charge < -0.3 is 9.88 Å². The minimum absolute atomic E-state index is 0. The molecule has 0 atom stereocenters. The molecule has 134 valence electrons. The van der Waals surface area contributed by atoms with Gasteiger partial charge in [0.2, 0.25) is 0 Å². The van der Waals surface area contributed by atoms with Crippen molar-refractivity contribution in [1.29, 1.82) is 5.26 Å². The second kappa shape index (κ2) is 8.55.